The smallest absolute Gasteiger partial charge is 0.160 e. The summed E-state index contributed by atoms with van der Waals surface area (Å²) in [4.78, 5) is 0. The van der Waals surface area contributed by atoms with E-state index in [1.807, 2.05) is 12.1 Å². The van der Waals surface area contributed by atoms with Gasteiger partial charge in [0.25, 0.3) is 0 Å². The highest BCUT2D eigenvalue weighted by Crippen LogP contribution is 2.41. The van der Waals surface area contributed by atoms with Gasteiger partial charge in [0.1, 0.15) is 5.75 Å². The molecule has 1 unspecified atom stereocenters. The number of ether oxygens (including phenoxy) is 1. The zero-order chi connectivity index (χ0) is 18.5. The van der Waals surface area contributed by atoms with Crippen LogP contribution in [0, 0.1) is 0 Å². The second kappa shape index (κ2) is 8.45. The first kappa shape index (κ1) is 18.6. The van der Waals surface area contributed by atoms with Gasteiger partial charge in [-0.05, 0) is 60.7 Å². The summed E-state index contributed by atoms with van der Waals surface area (Å²) < 4.78 is 5.39. The van der Waals surface area contributed by atoms with E-state index >= 15 is 0 Å². The van der Waals surface area contributed by atoms with E-state index in [4.69, 9.17) is 4.74 Å². The minimum atomic E-state index is -0.00922. The highest BCUT2D eigenvalue weighted by atomic mass is 16.5. The summed E-state index contributed by atoms with van der Waals surface area (Å²) in [5.41, 5.74) is 4.38. The molecule has 0 aliphatic carbocycles. The van der Waals surface area contributed by atoms with Crippen LogP contribution in [-0.4, -0.2) is 30.4 Å². The van der Waals surface area contributed by atoms with Gasteiger partial charge in [-0.15, -0.1) is 0 Å². The third-order valence-electron chi connectivity index (χ3n) is 5.34. The van der Waals surface area contributed by atoms with Crippen molar-refractivity contribution in [1.82, 2.24) is 5.32 Å². The van der Waals surface area contributed by atoms with Crippen molar-refractivity contribution < 1.29 is 14.9 Å². The Hall–Kier alpha value is -2.20. The first-order valence-corrected chi connectivity index (χ1v) is 9.57. The highest BCUT2D eigenvalue weighted by Gasteiger charge is 2.26. The minimum Gasteiger partial charge on any atom is -0.504 e. The van der Waals surface area contributed by atoms with Crippen LogP contribution in [0.4, 0.5) is 0 Å². The molecule has 4 heteroatoms. The van der Waals surface area contributed by atoms with Crippen molar-refractivity contribution in [2.45, 2.75) is 44.9 Å². The number of methoxy groups -OCH3 is 1. The van der Waals surface area contributed by atoms with Gasteiger partial charge in [-0.3, -0.25) is 0 Å². The molecule has 0 spiro atoms. The molecule has 1 aliphatic heterocycles. The molecule has 3 N–H and O–H groups in total. The normalized spacial score (nSPS) is 16.8. The summed E-state index contributed by atoms with van der Waals surface area (Å²) in [5, 5.41) is 24.4. The first-order valence-electron chi connectivity index (χ1n) is 9.57. The van der Waals surface area contributed by atoms with Gasteiger partial charge >= 0.3 is 0 Å². The van der Waals surface area contributed by atoms with Gasteiger partial charge in [0.05, 0.1) is 7.11 Å². The van der Waals surface area contributed by atoms with Crippen LogP contribution in [0.5, 0.6) is 17.2 Å². The van der Waals surface area contributed by atoms with Crippen LogP contribution >= 0.6 is 0 Å². The number of fused-ring (bicyclic) bond motifs is 1. The van der Waals surface area contributed by atoms with Crippen LogP contribution < -0.4 is 10.1 Å². The fraction of sp³-hybridized carbons (Fsp3) is 0.455. The lowest BCUT2D eigenvalue weighted by atomic mass is 9.84. The molecule has 0 aromatic heterocycles. The lowest BCUT2D eigenvalue weighted by Crippen LogP contribution is -2.20. The fourth-order valence-electron chi connectivity index (χ4n) is 3.93. The first-order chi connectivity index (χ1) is 12.7. The number of hydrogen-bond acceptors (Lipinski definition) is 4. The molecule has 2 aromatic carbocycles. The van der Waals surface area contributed by atoms with E-state index < -0.39 is 0 Å². The molecule has 0 fully saturated rings. The molecule has 2 aromatic rings. The maximum absolute atomic E-state index is 10.5. The van der Waals surface area contributed by atoms with Crippen LogP contribution in [0.25, 0.3) is 0 Å². The number of benzene rings is 2. The van der Waals surface area contributed by atoms with Gasteiger partial charge in [-0.2, -0.15) is 0 Å². The zero-order valence-corrected chi connectivity index (χ0v) is 15.7. The van der Waals surface area contributed by atoms with E-state index in [1.54, 1.807) is 13.2 Å². The zero-order valence-electron chi connectivity index (χ0n) is 15.7. The van der Waals surface area contributed by atoms with Crippen molar-refractivity contribution in [3.63, 3.8) is 0 Å². The Morgan fingerprint density at radius 2 is 2.04 bits per heavy atom. The highest BCUT2D eigenvalue weighted by molar-refractivity contribution is 5.56. The van der Waals surface area contributed by atoms with Crippen LogP contribution in [0.1, 0.15) is 54.4 Å². The number of phenolic OH excluding ortho intramolecular Hbond substituents is 2. The predicted octanol–water partition coefficient (Wildman–Crippen LogP) is 4.12. The van der Waals surface area contributed by atoms with Crippen molar-refractivity contribution >= 4 is 0 Å². The maximum Gasteiger partial charge on any atom is 0.160 e. The summed E-state index contributed by atoms with van der Waals surface area (Å²) >= 11 is 0. The largest absolute Gasteiger partial charge is 0.504 e. The summed E-state index contributed by atoms with van der Waals surface area (Å²) in [6, 6.07) is 9.86. The lowest BCUT2D eigenvalue weighted by Gasteiger charge is -2.22. The average molecular weight is 355 g/mol. The number of phenols is 2. The number of nitrogens with one attached hydrogen (secondary N) is 1. The minimum absolute atomic E-state index is 0.00922. The molecule has 1 atom stereocenters. The van der Waals surface area contributed by atoms with E-state index in [1.165, 1.54) is 5.56 Å². The second-order valence-electron chi connectivity index (χ2n) is 7.03. The SMILES string of the molecule is CCCCCc1c(O)c(O)cc2c1CCNCC2c1cccc(OC)c1. The molecule has 0 saturated carbocycles. The average Bonchev–Trinajstić information content (AvgIpc) is 2.87. The van der Waals surface area contributed by atoms with E-state index in [-0.39, 0.29) is 17.4 Å². The van der Waals surface area contributed by atoms with Gasteiger partial charge in [-0.1, -0.05) is 31.9 Å². The standard InChI is InChI=1S/C22H29NO3/c1-3-4-5-9-18-17-10-11-23-14-20(19(17)13-21(24)22(18)25)15-7-6-8-16(12-15)26-2/h6-8,12-13,20,23-25H,3-5,9-11,14H2,1-2H3. The monoisotopic (exact) mass is 355 g/mol. The van der Waals surface area contributed by atoms with Gasteiger partial charge in [-0.25, -0.2) is 0 Å². The van der Waals surface area contributed by atoms with E-state index in [2.05, 4.69) is 24.4 Å². The molecule has 3 rings (SSSR count). The van der Waals surface area contributed by atoms with Crippen LogP contribution in [0.2, 0.25) is 0 Å². The van der Waals surface area contributed by atoms with Crippen molar-refractivity contribution in [2.24, 2.45) is 0 Å². The maximum atomic E-state index is 10.5. The molecule has 4 nitrogen and oxygen atoms in total. The Kier molecular flexibility index (Phi) is 6.04. The topological polar surface area (TPSA) is 61.7 Å². The van der Waals surface area contributed by atoms with E-state index in [0.717, 1.165) is 67.6 Å². The predicted molar refractivity (Wildman–Crippen MR) is 104 cm³/mol. The molecule has 140 valence electrons. The quantitative estimate of drug-likeness (QED) is 0.539. The molecular formula is C22H29NO3. The van der Waals surface area contributed by atoms with Crippen molar-refractivity contribution in [3.05, 3.63) is 52.6 Å². The molecular weight excluding hydrogens is 326 g/mol. The lowest BCUT2D eigenvalue weighted by molar-refractivity contribution is 0.397. The van der Waals surface area contributed by atoms with Crippen LogP contribution in [0.15, 0.2) is 30.3 Å². The van der Waals surface area contributed by atoms with Gasteiger partial charge < -0.3 is 20.3 Å². The Morgan fingerprint density at radius 3 is 2.81 bits per heavy atom. The van der Waals surface area contributed by atoms with Crippen molar-refractivity contribution in [1.29, 1.82) is 0 Å². The number of hydrogen-bond donors (Lipinski definition) is 3. The Morgan fingerprint density at radius 1 is 1.19 bits per heavy atom. The molecule has 0 saturated heterocycles. The fourth-order valence-corrected chi connectivity index (χ4v) is 3.93. The Labute approximate surface area is 155 Å². The molecule has 1 aliphatic rings. The summed E-state index contributed by atoms with van der Waals surface area (Å²) in [6.07, 6.45) is 4.96. The van der Waals surface area contributed by atoms with Gasteiger partial charge in [0, 0.05) is 18.0 Å². The Balaban J connectivity index is 2.06. The van der Waals surface area contributed by atoms with Crippen LogP contribution in [-0.2, 0) is 12.8 Å². The number of unbranched alkanes of at least 4 members (excludes halogenated alkanes) is 2. The summed E-state index contributed by atoms with van der Waals surface area (Å²) in [7, 11) is 1.67. The molecule has 0 radical (unpaired) electrons. The molecule has 0 bridgehead atoms. The third-order valence-corrected chi connectivity index (χ3v) is 5.34. The van der Waals surface area contributed by atoms with Crippen molar-refractivity contribution in [3.8, 4) is 17.2 Å². The second-order valence-corrected chi connectivity index (χ2v) is 7.03. The van der Waals surface area contributed by atoms with Crippen LogP contribution in [0.3, 0.4) is 0 Å². The number of aromatic hydroxyl groups is 2. The van der Waals surface area contributed by atoms with Gasteiger partial charge in [0.2, 0.25) is 0 Å². The van der Waals surface area contributed by atoms with Crippen molar-refractivity contribution in [2.75, 3.05) is 20.2 Å². The summed E-state index contributed by atoms with van der Waals surface area (Å²) in [6.45, 7) is 3.85. The Bertz CT molecular complexity index is 757. The molecule has 26 heavy (non-hydrogen) atoms. The number of rotatable bonds is 6. The summed E-state index contributed by atoms with van der Waals surface area (Å²) in [5.74, 6) is 1.01. The van der Waals surface area contributed by atoms with Gasteiger partial charge in [0.15, 0.2) is 11.5 Å². The van der Waals surface area contributed by atoms with E-state index in [9.17, 15) is 10.2 Å². The van der Waals surface area contributed by atoms with E-state index in [0.29, 0.717) is 0 Å². The molecule has 1 heterocycles. The molecule has 0 amide bonds. The third kappa shape index (κ3) is 3.80.